The van der Waals surface area contributed by atoms with E-state index in [4.69, 9.17) is 10.5 Å². The first-order valence-corrected chi connectivity index (χ1v) is 8.01. The standard InChI is InChI=1S/C11H15N5O3S2/c1-3-19-8(17)7-5(2)13-10(18)14-6(7)4-20-11-16-15-9(12)21-11/h5H,3-4H2,1-2H3,(H2,12,15)(H2,13,14,18). The molecule has 0 saturated carbocycles. The number of nitrogens with one attached hydrogen (secondary N) is 2. The van der Waals surface area contributed by atoms with Gasteiger partial charge in [0.25, 0.3) is 0 Å². The van der Waals surface area contributed by atoms with Crippen molar-refractivity contribution < 1.29 is 14.3 Å². The highest BCUT2D eigenvalue weighted by molar-refractivity contribution is 8.01. The first-order chi connectivity index (χ1) is 10.0. The monoisotopic (exact) mass is 329 g/mol. The number of esters is 1. The number of ether oxygens (including phenoxy) is 1. The van der Waals surface area contributed by atoms with Crippen LogP contribution in [-0.4, -0.2) is 40.6 Å². The minimum absolute atomic E-state index is 0.274. The summed E-state index contributed by atoms with van der Waals surface area (Å²) in [7, 11) is 0. The van der Waals surface area contributed by atoms with Crippen molar-refractivity contribution in [3.05, 3.63) is 11.3 Å². The molecule has 0 bridgehead atoms. The lowest BCUT2D eigenvalue weighted by molar-refractivity contribution is -0.138. The Labute approximate surface area is 129 Å². The van der Waals surface area contributed by atoms with Crippen LogP contribution in [-0.2, 0) is 9.53 Å². The molecule has 1 aliphatic heterocycles. The second kappa shape index (κ2) is 6.76. The van der Waals surface area contributed by atoms with Crippen LogP contribution in [0.5, 0.6) is 0 Å². The number of nitrogens with two attached hydrogens (primary N) is 1. The molecule has 21 heavy (non-hydrogen) atoms. The molecule has 2 rings (SSSR count). The molecular weight excluding hydrogens is 314 g/mol. The number of aromatic nitrogens is 2. The number of thioether (sulfide) groups is 1. The maximum atomic E-state index is 12.0. The largest absolute Gasteiger partial charge is 0.463 e. The van der Waals surface area contributed by atoms with Crippen molar-refractivity contribution in [1.82, 2.24) is 20.8 Å². The third-order valence-corrected chi connectivity index (χ3v) is 4.54. The molecule has 114 valence electrons. The number of urea groups is 1. The van der Waals surface area contributed by atoms with Crippen LogP contribution in [0.1, 0.15) is 13.8 Å². The number of carbonyl (C=O) groups excluding carboxylic acids is 2. The maximum absolute atomic E-state index is 12.0. The average Bonchev–Trinajstić information content (AvgIpc) is 2.81. The van der Waals surface area contributed by atoms with Crippen molar-refractivity contribution in [2.45, 2.75) is 24.2 Å². The normalized spacial score (nSPS) is 18.2. The van der Waals surface area contributed by atoms with E-state index in [1.54, 1.807) is 13.8 Å². The molecule has 0 saturated heterocycles. The highest BCUT2D eigenvalue weighted by Crippen LogP contribution is 2.27. The molecule has 2 heterocycles. The molecule has 2 amide bonds. The molecule has 0 radical (unpaired) electrons. The summed E-state index contributed by atoms with van der Waals surface area (Å²) < 4.78 is 5.70. The van der Waals surface area contributed by atoms with E-state index < -0.39 is 12.0 Å². The molecule has 10 heteroatoms. The number of nitrogen functional groups attached to an aromatic ring is 1. The molecule has 4 N–H and O–H groups in total. The van der Waals surface area contributed by atoms with Crippen LogP contribution in [0.15, 0.2) is 15.6 Å². The fraction of sp³-hybridized carbons (Fsp3) is 0.455. The van der Waals surface area contributed by atoms with E-state index in [0.29, 0.717) is 26.5 Å². The van der Waals surface area contributed by atoms with Crippen LogP contribution in [0.3, 0.4) is 0 Å². The zero-order valence-electron chi connectivity index (χ0n) is 11.5. The van der Waals surface area contributed by atoms with E-state index in [1.807, 2.05) is 0 Å². The van der Waals surface area contributed by atoms with Crippen molar-refractivity contribution >= 4 is 40.2 Å². The van der Waals surface area contributed by atoms with E-state index in [1.165, 1.54) is 23.1 Å². The van der Waals surface area contributed by atoms with Crippen molar-refractivity contribution in [2.75, 3.05) is 18.1 Å². The highest BCUT2D eigenvalue weighted by Gasteiger charge is 2.29. The SMILES string of the molecule is CCOC(=O)C1=C(CSc2nnc(N)s2)NC(=O)NC1C. The fourth-order valence-electron chi connectivity index (χ4n) is 1.81. The van der Waals surface area contributed by atoms with E-state index in [2.05, 4.69) is 20.8 Å². The van der Waals surface area contributed by atoms with Gasteiger partial charge in [-0.3, -0.25) is 0 Å². The van der Waals surface area contributed by atoms with E-state index in [0.717, 1.165) is 0 Å². The molecule has 0 spiro atoms. The predicted molar refractivity (Wildman–Crippen MR) is 79.8 cm³/mol. The van der Waals surface area contributed by atoms with Gasteiger partial charge in [0.15, 0.2) is 4.34 Å². The second-order valence-electron chi connectivity index (χ2n) is 4.13. The number of rotatable bonds is 5. The number of carbonyl (C=O) groups is 2. The van der Waals surface area contributed by atoms with Crippen LogP contribution >= 0.6 is 23.1 Å². The Bertz CT molecular complexity index is 586. The molecule has 0 aliphatic carbocycles. The highest BCUT2D eigenvalue weighted by atomic mass is 32.2. The number of hydrogen-bond donors (Lipinski definition) is 3. The Morgan fingerprint density at radius 1 is 1.52 bits per heavy atom. The lowest BCUT2D eigenvalue weighted by atomic mass is 10.1. The summed E-state index contributed by atoms with van der Waals surface area (Å²) in [6, 6.07) is -0.754. The minimum Gasteiger partial charge on any atom is -0.463 e. The van der Waals surface area contributed by atoms with Gasteiger partial charge < -0.3 is 21.1 Å². The van der Waals surface area contributed by atoms with Gasteiger partial charge in [-0.05, 0) is 13.8 Å². The van der Waals surface area contributed by atoms with E-state index >= 15 is 0 Å². The van der Waals surface area contributed by atoms with Crippen LogP contribution in [0.25, 0.3) is 0 Å². The molecule has 8 nitrogen and oxygen atoms in total. The third kappa shape index (κ3) is 3.85. The van der Waals surface area contributed by atoms with Gasteiger partial charge in [0.1, 0.15) is 0 Å². The molecule has 1 atom stereocenters. The van der Waals surface area contributed by atoms with Crippen LogP contribution < -0.4 is 16.4 Å². The molecular formula is C11H15N5O3S2. The Hall–Kier alpha value is -1.81. The number of amides is 2. The van der Waals surface area contributed by atoms with Crippen molar-refractivity contribution in [3.63, 3.8) is 0 Å². The number of nitrogens with zero attached hydrogens (tertiary/aromatic N) is 2. The van der Waals surface area contributed by atoms with Crippen molar-refractivity contribution in [3.8, 4) is 0 Å². The summed E-state index contributed by atoms with van der Waals surface area (Å²) in [6.45, 7) is 3.74. The van der Waals surface area contributed by atoms with Crippen LogP contribution in [0.2, 0.25) is 0 Å². The number of anilines is 1. The van der Waals surface area contributed by atoms with Crippen molar-refractivity contribution in [1.29, 1.82) is 0 Å². The Morgan fingerprint density at radius 3 is 2.90 bits per heavy atom. The Kier molecular flexibility index (Phi) is 5.02. The first kappa shape index (κ1) is 15.6. The van der Waals surface area contributed by atoms with Crippen LogP contribution in [0, 0.1) is 0 Å². The lowest BCUT2D eigenvalue weighted by Crippen LogP contribution is -2.49. The van der Waals surface area contributed by atoms with E-state index in [-0.39, 0.29) is 12.6 Å². The molecule has 1 aliphatic rings. The third-order valence-electron chi connectivity index (χ3n) is 2.63. The second-order valence-corrected chi connectivity index (χ2v) is 6.36. The molecule has 0 fully saturated rings. The molecule has 0 aromatic carbocycles. The smallest absolute Gasteiger partial charge is 0.337 e. The van der Waals surface area contributed by atoms with Gasteiger partial charge in [0, 0.05) is 11.4 Å². The van der Waals surface area contributed by atoms with Gasteiger partial charge >= 0.3 is 12.0 Å². The zero-order chi connectivity index (χ0) is 15.4. The summed E-state index contributed by atoms with van der Waals surface area (Å²) in [5.74, 6) is -0.0644. The fourth-order valence-corrected chi connectivity index (χ4v) is 3.41. The predicted octanol–water partition coefficient (Wildman–Crippen LogP) is 0.731. The van der Waals surface area contributed by atoms with Gasteiger partial charge in [-0.2, -0.15) is 0 Å². The summed E-state index contributed by atoms with van der Waals surface area (Å²) in [5.41, 5.74) is 6.45. The summed E-state index contributed by atoms with van der Waals surface area (Å²) >= 11 is 2.60. The number of hydrogen-bond acceptors (Lipinski definition) is 8. The topological polar surface area (TPSA) is 119 Å². The van der Waals surface area contributed by atoms with E-state index in [9.17, 15) is 9.59 Å². The quantitative estimate of drug-likeness (QED) is 0.538. The van der Waals surface area contributed by atoms with Gasteiger partial charge in [0.2, 0.25) is 5.13 Å². The lowest BCUT2D eigenvalue weighted by Gasteiger charge is -2.26. The molecule has 1 aromatic heterocycles. The summed E-state index contributed by atoms with van der Waals surface area (Å²) in [6.07, 6.45) is 0. The summed E-state index contributed by atoms with van der Waals surface area (Å²) in [4.78, 5) is 23.6. The molecule has 1 unspecified atom stereocenters. The van der Waals surface area contributed by atoms with Gasteiger partial charge in [-0.15, -0.1) is 10.2 Å². The Balaban J connectivity index is 2.18. The van der Waals surface area contributed by atoms with Gasteiger partial charge in [-0.1, -0.05) is 23.1 Å². The first-order valence-electron chi connectivity index (χ1n) is 6.20. The van der Waals surface area contributed by atoms with Crippen molar-refractivity contribution in [2.24, 2.45) is 0 Å². The van der Waals surface area contributed by atoms with Gasteiger partial charge in [-0.25, -0.2) is 9.59 Å². The minimum atomic E-state index is -0.440. The Morgan fingerprint density at radius 2 is 2.29 bits per heavy atom. The van der Waals surface area contributed by atoms with Crippen LogP contribution in [0.4, 0.5) is 9.93 Å². The average molecular weight is 329 g/mol. The zero-order valence-corrected chi connectivity index (χ0v) is 13.1. The van der Waals surface area contributed by atoms with Gasteiger partial charge in [0.05, 0.1) is 18.2 Å². The molecule has 1 aromatic rings. The maximum Gasteiger partial charge on any atom is 0.337 e. The summed E-state index contributed by atoms with van der Waals surface area (Å²) in [5, 5.41) is 13.3.